The van der Waals surface area contributed by atoms with E-state index in [2.05, 4.69) is 22.0 Å². The minimum Gasteiger partial charge on any atom is -0.373 e. The van der Waals surface area contributed by atoms with Gasteiger partial charge in [0.15, 0.2) is 5.69 Å². The van der Waals surface area contributed by atoms with Gasteiger partial charge in [0.05, 0.1) is 18.8 Å². The molecule has 7 heteroatoms. The van der Waals surface area contributed by atoms with E-state index in [0.29, 0.717) is 23.9 Å². The SMILES string of the molecule is Cc1cc(C(=O)N2CCCC3(CC(CN4CCN(C)CC4)CO3)C2)no1. The molecule has 0 aliphatic carbocycles. The number of likely N-dealkylation sites (N-methyl/N-ethyl adjacent to an activating group) is 1. The van der Waals surface area contributed by atoms with Crippen molar-refractivity contribution in [2.45, 2.75) is 31.8 Å². The second kappa shape index (κ2) is 7.29. The molecule has 3 fully saturated rings. The van der Waals surface area contributed by atoms with Crippen molar-refractivity contribution >= 4 is 5.91 Å². The van der Waals surface area contributed by atoms with Gasteiger partial charge in [-0.3, -0.25) is 4.79 Å². The van der Waals surface area contributed by atoms with Gasteiger partial charge in [0, 0.05) is 45.3 Å². The zero-order chi connectivity index (χ0) is 18.1. The van der Waals surface area contributed by atoms with E-state index in [0.717, 1.165) is 65.1 Å². The summed E-state index contributed by atoms with van der Waals surface area (Å²) in [5.74, 6) is 1.21. The third-order valence-corrected chi connectivity index (χ3v) is 6.07. The maximum absolute atomic E-state index is 12.7. The van der Waals surface area contributed by atoms with Gasteiger partial charge in [0.1, 0.15) is 5.76 Å². The summed E-state index contributed by atoms with van der Waals surface area (Å²) in [6, 6.07) is 1.72. The van der Waals surface area contributed by atoms with Crippen LogP contribution < -0.4 is 0 Å². The van der Waals surface area contributed by atoms with Crippen molar-refractivity contribution in [3.63, 3.8) is 0 Å². The molecule has 1 amide bonds. The smallest absolute Gasteiger partial charge is 0.276 e. The standard InChI is InChI=1S/C19H30N4O3/c1-15-10-17(20-26-15)18(24)23-5-3-4-19(14-23)11-16(13-25-19)12-22-8-6-21(2)7-9-22/h10,16H,3-9,11-14H2,1-2H3. The number of carbonyl (C=O) groups excluding carboxylic acids is 1. The molecular weight excluding hydrogens is 332 g/mol. The van der Waals surface area contributed by atoms with Crippen molar-refractivity contribution in [1.29, 1.82) is 0 Å². The number of carbonyl (C=O) groups is 1. The first-order valence-corrected chi connectivity index (χ1v) is 9.80. The minimum absolute atomic E-state index is 0.0351. The van der Waals surface area contributed by atoms with E-state index >= 15 is 0 Å². The first-order valence-electron chi connectivity index (χ1n) is 9.80. The average molecular weight is 362 g/mol. The Hall–Kier alpha value is -1.44. The van der Waals surface area contributed by atoms with Gasteiger partial charge in [0.2, 0.25) is 0 Å². The Bertz CT molecular complexity index is 640. The highest BCUT2D eigenvalue weighted by Crippen LogP contribution is 2.38. The molecule has 2 unspecified atom stereocenters. The quantitative estimate of drug-likeness (QED) is 0.806. The van der Waals surface area contributed by atoms with Crippen LogP contribution in [0.4, 0.5) is 0 Å². The van der Waals surface area contributed by atoms with Crippen LogP contribution in [0.1, 0.15) is 35.5 Å². The summed E-state index contributed by atoms with van der Waals surface area (Å²) in [5, 5.41) is 3.89. The van der Waals surface area contributed by atoms with E-state index in [1.807, 2.05) is 11.8 Å². The van der Waals surface area contributed by atoms with Gasteiger partial charge >= 0.3 is 0 Å². The summed E-state index contributed by atoms with van der Waals surface area (Å²) < 4.78 is 11.4. The number of likely N-dealkylation sites (tertiary alicyclic amines) is 1. The molecule has 1 aromatic rings. The first kappa shape index (κ1) is 17.9. The molecule has 3 aliphatic rings. The van der Waals surface area contributed by atoms with Crippen LogP contribution in [0.2, 0.25) is 0 Å². The van der Waals surface area contributed by atoms with Crippen LogP contribution in [0, 0.1) is 12.8 Å². The molecule has 4 heterocycles. The Labute approximate surface area is 155 Å². The van der Waals surface area contributed by atoms with Crippen LogP contribution in [-0.2, 0) is 4.74 Å². The predicted molar refractivity (Wildman–Crippen MR) is 97.1 cm³/mol. The van der Waals surface area contributed by atoms with Gasteiger partial charge < -0.3 is 24.0 Å². The third-order valence-electron chi connectivity index (χ3n) is 6.07. The van der Waals surface area contributed by atoms with E-state index in [4.69, 9.17) is 9.26 Å². The normalized spacial score (nSPS) is 31.0. The Kier molecular flexibility index (Phi) is 5.03. The zero-order valence-corrected chi connectivity index (χ0v) is 15.9. The second-order valence-electron chi connectivity index (χ2n) is 8.32. The van der Waals surface area contributed by atoms with Crippen molar-refractivity contribution in [3.05, 3.63) is 17.5 Å². The Balaban J connectivity index is 1.34. The van der Waals surface area contributed by atoms with Crippen LogP contribution >= 0.6 is 0 Å². The van der Waals surface area contributed by atoms with E-state index in [9.17, 15) is 4.79 Å². The van der Waals surface area contributed by atoms with Crippen molar-refractivity contribution < 1.29 is 14.1 Å². The van der Waals surface area contributed by atoms with Crippen molar-refractivity contribution in [2.24, 2.45) is 5.92 Å². The van der Waals surface area contributed by atoms with Crippen LogP contribution in [0.3, 0.4) is 0 Å². The lowest BCUT2D eigenvalue weighted by molar-refractivity contribution is -0.0452. The summed E-state index contributed by atoms with van der Waals surface area (Å²) >= 11 is 0. The van der Waals surface area contributed by atoms with Gasteiger partial charge in [-0.05, 0) is 39.2 Å². The molecule has 144 valence electrons. The Morgan fingerprint density at radius 3 is 2.85 bits per heavy atom. The highest BCUT2D eigenvalue weighted by Gasteiger charge is 2.45. The van der Waals surface area contributed by atoms with Gasteiger partial charge in [-0.15, -0.1) is 0 Å². The number of aryl methyl sites for hydroxylation is 1. The lowest BCUT2D eigenvalue weighted by Crippen LogP contribution is -2.50. The molecule has 0 N–H and O–H groups in total. The highest BCUT2D eigenvalue weighted by molar-refractivity contribution is 5.92. The number of amides is 1. The fraction of sp³-hybridized carbons (Fsp3) is 0.789. The number of hydrogen-bond acceptors (Lipinski definition) is 6. The summed E-state index contributed by atoms with van der Waals surface area (Å²) in [6.45, 7) is 9.80. The van der Waals surface area contributed by atoms with Crippen LogP contribution in [0.25, 0.3) is 0 Å². The average Bonchev–Trinajstić information content (AvgIpc) is 3.23. The molecule has 3 saturated heterocycles. The molecule has 0 radical (unpaired) electrons. The largest absolute Gasteiger partial charge is 0.373 e. The van der Waals surface area contributed by atoms with Gasteiger partial charge in [-0.1, -0.05) is 5.16 Å². The zero-order valence-electron chi connectivity index (χ0n) is 15.9. The van der Waals surface area contributed by atoms with Crippen LogP contribution in [0.5, 0.6) is 0 Å². The number of piperidine rings is 1. The molecule has 26 heavy (non-hydrogen) atoms. The monoisotopic (exact) mass is 362 g/mol. The van der Waals surface area contributed by atoms with Crippen molar-refractivity contribution in [2.75, 3.05) is 59.5 Å². The van der Waals surface area contributed by atoms with Gasteiger partial charge in [-0.2, -0.15) is 0 Å². The second-order valence-corrected chi connectivity index (χ2v) is 8.32. The Morgan fingerprint density at radius 2 is 2.12 bits per heavy atom. The number of piperazine rings is 1. The maximum atomic E-state index is 12.7. The van der Waals surface area contributed by atoms with E-state index in [1.165, 1.54) is 0 Å². The molecule has 7 nitrogen and oxygen atoms in total. The predicted octanol–water partition coefficient (Wildman–Crippen LogP) is 1.24. The minimum atomic E-state index is -0.163. The lowest BCUT2D eigenvalue weighted by Gasteiger charge is -2.39. The van der Waals surface area contributed by atoms with Gasteiger partial charge in [0.25, 0.3) is 5.91 Å². The summed E-state index contributed by atoms with van der Waals surface area (Å²) in [6.07, 6.45) is 3.10. The number of hydrogen-bond donors (Lipinski definition) is 0. The summed E-state index contributed by atoms with van der Waals surface area (Å²) in [4.78, 5) is 19.6. The first-order chi connectivity index (χ1) is 12.5. The molecule has 3 aliphatic heterocycles. The number of aromatic nitrogens is 1. The molecule has 0 bridgehead atoms. The molecule has 1 aromatic heterocycles. The molecule has 0 aromatic carbocycles. The molecule has 1 spiro atoms. The molecular formula is C19H30N4O3. The summed E-state index contributed by atoms with van der Waals surface area (Å²) in [5.41, 5.74) is 0.246. The van der Waals surface area contributed by atoms with E-state index in [1.54, 1.807) is 6.07 Å². The fourth-order valence-electron chi connectivity index (χ4n) is 4.64. The number of nitrogens with zero attached hydrogens (tertiary/aromatic N) is 4. The Morgan fingerprint density at radius 1 is 1.31 bits per heavy atom. The maximum Gasteiger partial charge on any atom is 0.276 e. The molecule has 0 saturated carbocycles. The third kappa shape index (κ3) is 3.80. The van der Waals surface area contributed by atoms with Crippen LogP contribution in [-0.4, -0.2) is 90.8 Å². The van der Waals surface area contributed by atoms with Crippen molar-refractivity contribution in [3.8, 4) is 0 Å². The van der Waals surface area contributed by atoms with E-state index < -0.39 is 0 Å². The van der Waals surface area contributed by atoms with Crippen LogP contribution in [0.15, 0.2) is 10.6 Å². The summed E-state index contributed by atoms with van der Waals surface area (Å²) in [7, 11) is 2.19. The highest BCUT2D eigenvalue weighted by atomic mass is 16.5. The number of rotatable bonds is 3. The topological polar surface area (TPSA) is 62.1 Å². The van der Waals surface area contributed by atoms with Gasteiger partial charge in [-0.25, -0.2) is 0 Å². The van der Waals surface area contributed by atoms with Crippen molar-refractivity contribution in [1.82, 2.24) is 19.9 Å². The van der Waals surface area contributed by atoms with E-state index in [-0.39, 0.29) is 11.5 Å². The molecule has 4 rings (SSSR count). The number of ether oxygens (including phenoxy) is 1. The fourth-order valence-corrected chi connectivity index (χ4v) is 4.64. The molecule has 2 atom stereocenters. The lowest BCUT2D eigenvalue weighted by atomic mass is 9.86.